The summed E-state index contributed by atoms with van der Waals surface area (Å²) in [6, 6.07) is 2.07. The molecule has 6 heteroatoms. The predicted molar refractivity (Wildman–Crippen MR) is 85.2 cm³/mol. The second-order valence-electron chi connectivity index (χ2n) is 5.75. The molecule has 0 aromatic carbocycles. The molecule has 0 bridgehead atoms. The highest BCUT2D eigenvalue weighted by molar-refractivity contribution is 9.10. The summed E-state index contributed by atoms with van der Waals surface area (Å²) in [4.78, 5) is 26.3. The number of carbonyl (C=O) groups excluding carboxylic acids is 2. The van der Waals surface area contributed by atoms with Gasteiger partial charge in [0.05, 0.1) is 5.92 Å². The van der Waals surface area contributed by atoms with Gasteiger partial charge in [-0.15, -0.1) is 0 Å². The van der Waals surface area contributed by atoms with E-state index in [1.165, 1.54) is 0 Å². The first kappa shape index (κ1) is 16.1. The van der Waals surface area contributed by atoms with Crippen LogP contribution in [-0.2, 0) is 4.79 Å². The first-order valence-corrected chi connectivity index (χ1v) is 8.11. The van der Waals surface area contributed by atoms with Crippen LogP contribution in [0.5, 0.6) is 0 Å². The number of nitrogens with zero attached hydrogens (tertiary/aromatic N) is 2. The second-order valence-corrected chi connectivity index (χ2v) is 6.66. The molecule has 1 saturated heterocycles. The molecule has 2 amide bonds. The lowest BCUT2D eigenvalue weighted by atomic mass is 9.97. The maximum absolute atomic E-state index is 12.7. The molecular weight excluding hydrogens is 334 g/mol. The Morgan fingerprint density at radius 1 is 1.43 bits per heavy atom. The Morgan fingerprint density at radius 3 is 2.76 bits per heavy atom. The van der Waals surface area contributed by atoms with E-state index in [1.807, 2.05) is 30.7 Å². The predicted octanol–water partition coefficient (Wildman–Crippen LogP) is 2.43. The minimum Gasteiger partial charge on any atom is -0.359 e. The molecule has 1 aliphatic rings. The number of hydrogen-bond donors (Lipinski definition) is 1. The van der Waals surface area contributed by atoms with Gasteiger partial charge in [0.2, 0.25) is 5.91 Å². The Bertz CT molecular complexity index is 539. The summed E-state index contributed by atoms with van der Waals surface area (Å²) < 4.78 is 2.87. The van der Waals surface area contributed by atoms with E-state index < -0.39 is 0 Å². The van der Waals surface area contributed by atoms with Crippen molar-refractivity contribution in [2.45, 2.75) is 32.7 Å². The normalized spacial score (nSPS) is 18.9. The third-order valence-electron chi connectivity index (χ3n) is 3.92. The molecule has 1 aliphatic heterocycles. The van der Waals surface area contributed by atoms with E-state index in [1.54, 1.807) is 11.9 Å². The van der Waals surface area contributed by atoms with Gasteiger partial charge in [0.25, 0.3) is 5.91 Å². The number of amides is 2. The third kappa shape index (κ3) is 3.48. The van der Waals surface area contributed by atoms with E-state index in [0.717, 1.165) is 17.3 Å². The smallest absolute Gasteiger partial charge is 0.270 e. The number of carbonyl (C=O) groups is 2. The van der Waals surface area contributed by atoms with Gasteiger partial charge in [0.1, 0.15) is 5.69 Å². The van der Waals surface area contributed by atoms with Gasteiger partial charge in [-0.2, -0.15) is 0 Å². The zero-order chi connectivity index (χ0) is 15.6. The van der Waals surface area contributed by atoms with Gasteiger partial charge >= 0.3 is 0 Å². The van der Waals surface area contributed by atoms with Crippen LogP contribution in [0.4, 0.5) is 0 Å². The van der Waals surface area contributed by atoms with Crippen LogP contribution in [0.2, 0.25) is 0 Å². The Hall–Kier alpha value is -1.30. The number of halogens is 1. The van der Waals surface area contributed by atoms with E-state index in [9.17, 15) is 9.59 Å². The Kier molecular flexibility index (Phi) is 5.08. The first-order valence-electron chi connectivity index (χ1n) is 7.32. The van der Waals surface area contributed by atoms with Gasteiger partial charge < -0.3 is 14.8 Å². The van der Waals surface area contributed by atoms with Crippen molar-refractivity contribution in [2.24, 2.45) is 5.92 Å². The van der Waals surface area contributed by atoms with E-state index in [-0.39, 0.29) is 23.8 Å². The maximum atomic E-state index is 12.7. The number of aromatic nitrogens is 1. The number of hydrogen-bond acceptors (Lipinski definition) is 2. The number of nitrogens with one attached hydrogen (secondary N) is 1. The van der Waals surface area contributed by atoms with Gasteiger partial charge in [-0.3, -0.25) is 9.59 Å². The molecule has 1 N–H and O–H groups in total. The average molecular weight is 356 g/mol. The summed E-state index contributed by atoms with van der Waals surface area (Å²) in [7, 11) is 1.64. The van der Waals surface area contributed by atoms with Gasteiger partial charge in [0.15, 0.2) is 0 Å². The van der Waals surface area contributed by atoms with Crippen molar-refractivity contribution in [3.8, 4) is 0 Å². The van der Waals surface area contributed by atoms with E-state index in [2.05, 4.69) is 21.2 Å². The monoisotopic (exact) mass is 355 g/mol. The minimum absolute atomic E-state index is 0.00278. The highest BCUT2D eigenvalue weighted by Gasteiger charge is 2.29. The SMILES string of the molecule is CNC(=O)C1CCCN(C(=O)c2cc(Br)cn2C(C)C)C1. The van der Waals surface area contributed by atoms with Crippen LogP contribution in [0.3, 0.4) is 0 Å². The Labute approximate surface area is 133 Å². The summed E-state index contributed by atoms with van der Waals surface area (Å²) in [6.07, 6.45) is 3.64. The molecule has 1 unspecified atom stereocenters. The maximum Gasteiger partial charge on any atom is 0.270 e. The molecule has 21 heavy (non-hydrogen) atoms. The van der Waals surface area contributed by atoms with Gasteiger partial charge in [0, 0.05) is 36.8 Å². The summed E-state index contributed by atoms with van der Waals surface area (Å²) in [5.74, 6) is -0.0745. The van der Waals surface area contributed by atoms with Crippen LogP contribution in [-0.4, -0.2) is 41.4 Å². The van der Waals surface area contributed by atoms with Gasteiger partial charge in [-0.25, -0.2) is 0 Å². The minimum atomic E-state index is -0.0985. The number of piperidine rings is 1. The molecule has 0 saturated carbocycles. The molecule has 0 radical (unpaired) electrons. The summed E-state index contributed by atoms with van der Waals surface area (Å²) in [5.41, 5.74) is 0.675. The van der Waals surface area contributed by atoms with Crippen LogP contribution < -0.4 is 5.32 Å². The highest BCUT2D eigenvalue weighted by Crippen LogP contribution is 2.23. The highest BCUT2D eigenvalue weighted by atomic mass is 79.9. The van der Waals surface area contributed by atoms with E-state index in [4.69, 9.17) is 0 Å². The lowest BCUT2D eigenvalue weighted by molar-refractivity contribution is -0.125. The van der Waals surface area contributed by atoms with Crippen molar-refractivity contribution in [1.82, 2.24) is 14.8 Å². The fourth-order valence-electron chi connectivity index (χ4n) is 2.79. The van der Waals surface area contributed by atoms with Crippen molar-refractivity contribution in [2.75, 3.05) is 20.1 Å². The van der Waals surface area contributed by atoms with Crippen LogP contribution in [0.15, 0.2) is 16.7 Å². The van der Waals surface area contributed by atoms with Crippen molar-refractivity contribution < 1.29 is 9.59 Å². The third-order valence-corrected chi connectivity index (χ3v) is 4.35. The molecule has 1 fully saturated rings. The summed E-state index contributed by atoms with van der Waals surface area (Å²) in [6.45, 7) is 5.31. The van der Waals surface area contributed by atoms with Crippen molar-refractivity contribution >= 4 is 27.7 Å². The largest absolute Gasteiger partial charge is 0.359 e. The lowest BCUT2D eigenvalue weighted by Crippen LogP contribution is -2.45. The van der Waals surface area contributed by atoms with Crippen LogP contribution >= 0.6 is 15.9 Å². The Morgan fingerprint density at radius 2 is 2.14 bits per heavy atom. The molecule has 1 atom stereocenters. The molecule has 5 nitrogen and oxygen atoms in total. The molecule has 1 aromatic heterocycles. The molecule has 2 heterocycles. The van der Waals surface area contributed by atoms with Gasteiger partial charge in [-0.1, -0.05) is 0 Å². The zero-order valence-electron chi connectivity index (χ0n) is 12.7. The molecule has 0 spiro atoms. The zero-order valence-corrected chi connectivity index (χ0v) is 14.3. The molecular formula is C15H22BrN3O2. The van der Waals surface area contributed by atoms with Crippen molar-refractivity contribution in [3.63, 3.8) is 0 Å². The summed E-state index contributed by atoms with van der Waals surface area (Å²) >= 11 is 3.43. The van der Waals surface area contributed by atoms with Crippen LogP contribution in [0.1, 0.15) is 43.2 Å². The number of rotatable bonds is 3. The van der Waals surface area contributed by atoms with Crippen molar-refractivity contribution in [1.29, 1.82) is 0 Å². The van der Waals surface area contributed by atoms with E-state index >= 15 is 0 Å². The first-order chi connectivity index (χ1) is 9.93. The molecule has 2 rings (SSSR count). The fourth-order valence-corrected chi connectivity index (χ4v) is 3.22. The van der Waals surface area contributed by atoms with Crippen LogP contribution in [0, 0.1) is 5.92 Å². The molecule has 0 aliphatic carbocycles. The summed E-state index contributed by atoms with van der Waals surface area (Å²) in [5, 5.41) is 2.68. The second kappa shape index (κ2) is 6.64. The Balaban J connectivity index is 2.18. The van der Waals surface area contributed by atoms with E-state index in [0.29, 0.717) is 18.8 Å². The molecule has 1 aromatic rings. The fraction of sp³-hybridized carbons (Fsp3) is 0.600. The average Bonchev–Trinajstić information content (AvgIpc) is 2.88. The topological polar surface area (TPSA) is 54.3 Å². The van der Waals surface area contributed by atoms with Crippen LogP contribution in [0.25, 0.3) is 0 Å². The van der Waals surface area contributed by atoms with Crippen molar-refractivity contribution in [3.05, 3.63) is 22.4 Å². The lowest BCUT2D eigenvalue weighted by Gasteiger charge is -2.32. The van der Waals surface area contributed by atoms with Gasteiger partial charge in [-0.05, 0) is 48.7 Å². The quantitative estimate of drug-likeness (QED) is 0.905. The molecule has 116 valence electrons. The number of likely N-dealkylation sites (tertiary alicyclic amines) is 1. The standard InChI is InChI=1S/C15H22BrN3O2/c1-10(2)19-9-12(16)7-13(19)15(21)18-6-4-5-11(8-18)14(20)17-3/h7,9-11H,4-6,8H2,1-3H3,(H,17,20).